The molecule has 1 amide bonds. The molecule has 0 spiro atoms. The summed E-state index contributed by atoms with van der Waals surface area (Å²) in [4.78, 5) is 15.0. The number of nitrogens with two attached hydrogens (primary N) is 1. The fourth-order valence-electron chi connectivity index (χ4n) is 2.72. The number of hydrogen-bond acceptors (Lipinski definition) is 3. The van der Waals surface area contributed by atoms with Crippen LogP contribution in [0.15, 0.2) is 29.3 Å². The van der Waals surface area contributed by atoms with E-state index in [1.807, 2.05) is 24.3 Å². The summed E-state index contributed by atoms with van der Waals surface area (Å²) in [7, 11) is 1.78. The van der Waals surface area contributed by atoms with Gasteiger partial charge in [-0.25, -0.2) is 0 Å². The van der Waals surface area contributed by atoms with E-state index in [9.17, 15) is 4.79 Å². The van der Waals surface area contributed by atoms with E-state index in [1.165, 1.54) is 32.1 Å². The third kappa shape index (κ3) is 7.37. The van der Waals surface area contributed by atoms with Crippen LogP contribution in [0.2, 0.25) is 0 Å². The number of nitrogens with zero attached hydrogens (tertiary/aromatic N) is 1. The highest BCUT2D eigenvalue weighted by Crippen LogP contribution is 2.17. The average Bonchev–Trinajstić information content (AvgIpc) is 2.58. The number of aliphatic imine (C=N–C) groups is 1. The molecule has 0 saturated heterocycles. The van der Waals surface area contributed by atoms with Gasteiger partial charge in [-0.2, -0.15) is 0 Å². The molecule has 1 aromatic rings. The first-order valence-corrected chi connectivity index (χ1v) is 8.14. The van der Waals surface area contributed by atoms with Crippen molar-refractivity contribution in [3.63, 3.8) is 0 Å². The summed E-state index contributed by atoms with van der Waals surface area (Å²) in [6, 6.07) is 8.11. The van der Waals surface area contributed by atoms with Gasteiger partial charge in [-0.05, 0) is 30.5 Å². The van der Waals surface area contributed by atoms with E-state index < -0.39 is 5.91 Å². The van der Waals surface area contributed by atoms with Crippen molar-refractivity contribution in [2.75, 3.05) is 13.7 Å². The van der Waals surface area contributed by atoms with Crippen molar-refractivity contribution in [3.05, 3.63) is 29.8 Å². The first kappa shape index (κ1) is 20.5. The molecule has 0 aromatic heterocycles. The smallest absolute Gasteiger partial charge is 0.255 e. The van der Waals surface area contributed by atoms with E-state index in [0.29, 0.717) is 18.3 Å². The lowest BCUT2D eigenvalue weighted by Gasteiger charge is -2.24. The lowest BCUT2D eigenvalue weighted by Crippen LogP contribution is -2.43. The van der Waals surface area contributed by atoms with Gasteiger partial charge in [-0.3, -0.25) is 9.79 Å². The molecule has 134 valence electrons. The summed E-state index contributed by atoms with van der Waals surface area (Å²) in [6.07, 6.45) is 6.32. The number of benzene rings is 1. The Labute approximate surface area is 160 Å². The minimum Gasteiger partial charge on any atom is -0.484 e. The van der Waals surface area contributed by atoms with Crippen molar-refractivity contribution in [1.29, 1.82) is 0 Å². The van der Waals surface area contributed by atoms with Crippen molar-refractivity contribution < 1.29 is 9.53 Å². The average molecular weight is 446 g/mol. The molecule has 4 N–H and O–H groups in total. The van der Waals surface area contributed by atoms with Crippen LogP contribution >= 0.6 is 24.0 Å². The second-order valence-electron chi connectivity index (χ2n) is 5.81. The van der Waals surface area contributed by atoms with Gasteiger partial charge in [0.05, 0.1) is 0 Å². The van der Waals surface area contributed by atoms with Gasteiger partial charge in [0.2, 0.25) is 0 Å². The second kappa shape index (κ2) is 11.1. The fraction of sp³-hybridized carbons (Fsp3) is 0.529. The van der Waals surface area contributed by atoms with Crippen LogP contribution in [0, 0.1) is 0 Å². The maximum Gasteiger partial charge on any atom is 0.255 e. The van der Waals surface area contributed by atoms with Crippen molar-refractivity contribution >= 4 is 35.8 Å². The summed E-state index contributed by atoms with van der Waals surface area (Å²) < 4.78 is 5.31. The van der Waals surface area contributed by atoms with Gasteiger partial charge in [-0.15, -0.1) is 24.0 Å². The second-order valence-corrected chi connectivity index (χ2v) is 5.81. The summed E-state index contributed by atoms with van der Waals surface area (Å²) in [5, 5.41) is 6.79. The zero-order valence-corrected chi connectivity index (χ0v) is 16.4. The highest BCUT2D eigenvalue weighted by Gasteiger charge is 2.14. The van der Waals surface area contributed by atoms with E-state index in [0.717, 1.165) is 11.5 Å². The van der Waals surface area contributed by atoms with Crippen molar-refractivity contribution in [3.8, 4) is 5.75 Å². The maximum atomic E-state index is 10.8. The Morgan fingerprint density at radius 2 is 2.08 bits per heavy atom. The molecular formula is C17H27IN4O2. The molecule has 0 bridgehead atoms. The van der Waals surface area contributed by atoms with Crippen LogP contribution in [0.1, 0.15) is 37.7 Å². The van der Waals surface area contributed by atoms with Crippen molar-refractivity contribution in [2.45, 2.75) is 44.7 Å². The van der Waals surface area contributed by atoms with E-state index in [1.54, 1.807) is 7.05 Å². The van der Waals surface area contributed by atoms with E-state index in [-0.39, 0.29) is 30.6 Å². The monoisotopic (exact) mass is 446 g/mol. The molecule has 1 aliphatic rings. The summed E-state index contributed by atoms with van der Waals surface area (Å²) >= 11 is 0. The molecule has 0 unspecified atom stereocenters. The molecule has 2 rings (SSSR count). The molecule has 1 aromatic carbocycles. The predicted octanol–water partition coefficient (Wildman–Crippen LogP) is 2.17. The van der Waals surface area contributed by atoms with Gasteiger partial charge in [-0.1, -0.05) is 31.4 Å². The Bertz CT molecular complexity index is 545. The van der Waals surface area contributed by atoms with Crippen LogP contribution < -0.4 is 21.1 Å². The molecule has 1 aliphatic carbocycles. The molecule has 24 heavy (non-hydrogen) atoms. The van der Waals surface area contributed by atoms with E-state index in [4.69, 9.17) is 10.5 Å². The molecule has 6 nitrogen and oxygen atoms in total. The van der Waals surface area contributed by atoms with E-state index >= 15 is 0 Å². The predicted molar refractivity (Wildman–Crippen MR) is 107 cm³/mol. The SMILES string of the molecule is CN=C(NCc1cccc(OCC(N)=O)c1)NC1CCCCC1.I. The number of carbonyl (C=O) groups is 1. The number of nitrogens with one attached hydrogen (secondary N) is 2. The highest BCUT2D eigenvalue weighted by atomic mass is 127. The standard InChI is InChI=1S/C17H26N4O2.HI/c1-19-17(21-14-7-3-2-4-8-14)20-11-13-6-5-9-15(10-13)23-12-16(18)22;/h5-6,9-10,14H,2-4,7-8,11-12H2,1H3,(H2,18,22)(H2,19,20,21);1H. The van der Waals surface area contributed by atoms with E-state index in [2.05, 4.69) is 15.6 Å². The lowest BCUT2D eigenvalue weighted by atomic mass is 9.96. The Balaban J connectivity index is 0.00000288. The van der Waals surface area contributed by atoms with Crippen LogP contribution in [0.25, 0.3) is 0 Å². The van der Waals surface area contributed by atoms with Gasteiger partial charge in [0.1, 0.15) is 5.75 Å². The molecular weight excluding hydrogens is 419 g/mol. The van der Waals surface area contributed by atoms with Crippen molar-refractivity contribution in [2.24, 2.45) is 10.7 Å². The summed E-state index contributed by atoms with van der Waals surface area (Å²) in [5.41, 5.74) is 6.14. The number of rotatable bonds is 6. The first-order valence-electron chi connectivity index (χ1n) is 8.14. The fourth-order valence-corrected chi connectivity index (χ4v) is 2.72. The largest absolute Gasteiger partial charge is 0.484 e. The molecule has 1 saturated carbocycles. The van der Waals surface area contributed by atoms with Gasteiger partial charge >= 0.3 is 0 Å². The van der Waals surface area contributed by atoms with Gasteiger partial charge in [0, 0.05) is 19.6 Å². The van der Waals surface area contributed by atoms with Gasteiger partial charge < -0.3 is 21.1 Å². The van der Waals surface area contributed by atoms with Crippen LogP contribution in [0.4, 0.5) is 0 Å². The Morgan fingerprint density at radius 1 is 1.33 bits per heavy atom. The third-order valence-corrected chi connectivity index (χ3v) is 3.91. The molecule has 0 aliphatic heterocycles. The molecule has 0 atom stereocenters. The maximum absolute atomic E-state index is 10.8. The number of carbonyl (C=O) groups excluding carboxylic acids is 1. The summed E-state index contributed by atoms with van der Waals surface area (Å²) in [6.45, 7) is 0.530. The molecule has 0 heterocycles. The van der Waals surface area contributed by atoms with Crippen LogP contribution in [-0.2, 0) is 11.3 Å². The number of halogens is 1. The number of amides is 1. The first-order chi connectivity index (χ1) is 11.2. The minimum atomic E-state index is -0.481. The van der Waals surface area contributed by atoms with Crippen molar-refractivity contribution in [1.82, 2.24) is 10.6 Å². The number of hydrogen-bond donors (Lipinski definition) is 3. The Morgan fingerprint density at radius 3 is 2.75 bits per heavy atom. The van der Waals surface area contributed by atoms with Gasteiger partial charge in [0.15, 0.2) is 12.6 Å². The van der Waals surface area contributed by atoms with Crippen LogP contribution in [0.5, 0.6) is 5.75 Å². The molecule has 1 fully saturated rings. The number of primary amides is 1. The quantitative estimate of drug-likeness (QED) is 0.355. The zero-order chi connectivity index (χ0) is 16.5. The normalized spacial score (nSPS) is 15.3. The number of ether oxygens (including phenoxy) is 1. The van der Waals surface area contributed by atoms with Gasteiger partial charge in [0.25, 0.3) is 5.91 Å². The number of guanidine groups is 1. The Hall–Kier alpha value is -1.51. The zero-order valence-electron chi connectivity index (χ0n) is 14.1. The molecule has 7 heteroatoms. The topological polar surface area (TPSA) is 88.7 Å². The summed E-state index contributed by atoms with van der Waals surface area (Å²) in [5.74, 6) is 0.976. The highest BCUT2D eigenvalue weighted by molar-refractivity contribution is 14.0. The van der Waals surface area contributed by atoms with Crippen LogP contribution in [-0.4, -0.2) is 31.6 Å². The Kier molecular flexibility index (Phi) is 9.51. The van der Waals surface area contributed by atoms with Crippen LogP contribution in [0.3, 0.4) is 0 Å². The molecule has 0 radical (unpaired) electrons. The third-order valence-electron chi connectivity index (χ3n) is 3.91. The lowest BCUT2D eigenvalue weighted by molar-refractivity contribution is -0.119. The minimum absolute atomic E-state index is 0.